The molecular formula is C21H19NO5S. The molecule has 7 heteroatoms. The lowest BCUT2D eigenvalue weighted by Gasteiger charge is -2.12. The monoisotopic (exact) mass is 397 g/mol. The van der Waals surface area contributed by atoms with Gasteiger partial charge >= 0.3 is 5.97 Å². The van der Waals surface area contributed by atoms with Crippen LogP contribution in [0.25, 0.3) is 22.3 Å². The van der Waals surface area contributed by atoms with Crippen molar-refractivity contribution in [2.45, 2.75) is 25.2 Å². The van der Waals surface area contributed by atoms with E-state index in [2.05, 4.69) is 5.16 Å². The number of hydrogen-bond donors (Lipinski definition) is 0. The first-order valence-electron chi connectivity index (χ1n) is 8.73. The molecule has 4 rings (SSSR count). The number of esters is 1. The smallest absolute Gasteiger partial charge is 0.338 e. The number of ether oxygens (including phenoxy) is 1. The standard InChI is InChI=1S/C21H19NO5S/c1-11-19(12(2)27-22-11)14-9-16-15(17(10-14)21(23)26-3)8-13-6-5-7-18(20(13)16)28(4,24)25/h5-7,9-10H,8H2,1-4H3. The van der Waals surface area contributed by atoms with Crippen LogP contribution in [0.5, 0.6) is 0 Å². The number of sulfone groups is 1. The van der Waals surface area contributed by atoms with Gasteiger partial charge in [0, 0.05) is 17.4 Å². The Morgan fingerprint density at radius 1 is 1.18 bits per heavy atom. The van der Waals surface area contributed by atoms with Crippen LogP contribution in [0.3, 0.4) is 0 Å². The highest BCUT2D eigenvalue weighted by Crippen LogP contribution is 2.45. The van der Waals surface area contributed by atoms with E-state index in [4.69, 9.17) is 9.26 Å². The largest absolute Gasteiger partial charge is 0.465 e. The predicted molar refractivity (Wildman–Crippen MR) is 104 cm³/mol. The number of aromatic nitrogens is 1. The molecule has 0 amide bonds. The predicted octanol–water partition coefficient (Wildman–Crippen LogP) is 3.72. The van der Waals surface area contributed by atoms with E-state index in [9.17, 15) is 13.2 Å². The molecule has 1 aliphatic rings. The van der Waals surface area contributed by atoms with E-state index >= 15 is 0 Å². The first-order valence-corrected chi connectivity index (χ1v) is 10.6. The fourth-order valence-corrected chi connectivity index (χ4v) is 4.88. The van der Waals surface area contributed by atoms with Crippen LogP contribution in [-0.4, -0.2) is 32.9 Å². The van der Waals surface area contributed by atoms with Gasteiger partial charge in [-0.05, 0) is 60.7 Å². The summed E-state index contributed by atoms with van der Waals surface area (Å²) in [5.41, 5.74) is 5.68. The lowest BCUT2D eigenvalue weighted by Crippen LogP contribution is -2.06. The van der Waals surface area contributed by atoms with Crippen LogP contribution in [0.4, 0.5) is 0 Å². The molecule has 0 atom stereocenters. The van der Waals surface area contributed by atoms with Crippen LogP contribution < -0.4 is 0 Å². The maximum atomic E-state index is 12.5. The quantitative estimate of drug-likeness (QED) is 0.490. The van der Waals surface area contributed by atoms with Crippen molar-refractivity contribution in [1.82, 2.24) is 5.16 Å². The number of rotatable bonds is 3. The SMILES string of the molecule is COC(=O)c1cc(-c2c(C)noc2C)cc2c1Cc1cccc(S(C)(=O)=O)c1-2. The minimum atomic E-state index is -3.44. The summed E-state index contributed by atoms with van der Waals surface area (Å²) in [5, 5.41) is 3.99. The molecule has 6 nitrogen and oxygen atoms in total. The molecule has 0 saturated heterocycles. The van der Waals surface area contributed by atoms with Crippen molar-refractivity contribution >= 4 is 15.8 Å². The molecular weight excluding hydrogens is 378 g/mol. The molecule has 0 N–H and O–H groups in total. The Hall–Kier alpha value is -2.93. The summed E-state index contributed by atoms with van der Waals surface area (Å²) in [6.07, 6.45) is 1.67. The van der Waals surface area contributed by atoms with Crippen molar-refractivity contribution < 1.29 is 22.5 Å². The maximum Gasteiger partial charge on any atom is 0.338 e. The lowest BCUT2D eigenvalue weighted by molar-refractivity contribution is 0.0600. The van der Waals surface area contributed by atoms with Crippen molar-refractivity contribution in [1.29, 1.82) is 0 Å². The van der Waals surface area contributed by atoms with E-state index < -0.39 is 15.8 Å². The van der Waals surface area contributed by atoms with E-state index in [1.54, 1.807) is 25.1 Å². The summed E-state index contributed by atoms with van der Waals surface area (Å²) in [5.74, 6) is 0.168. The van der Waals surface area contributed by atoms with Gasteiger partial charge in [-0.15, -0.1) is 0 Å². The van der Waals surface area contributed by atoms with Gasteiger partial charge in [-0.1, -0.05) is 17.3 Å². The zero-order valence-electron chi connectivity index (χ0n) is 16.0. The van der Waals surface area contributed by atoms with Crippen LogP contribution in [0.2, 0.25) is 0 Å². The molecule has 0 bridgehead atoms. The first kappa shape index (κ1) is 18.4. The number of methoxy groups -OCH3 is 1. The second-order valence-electron chi connectivity index (χ2n) is 6.98. The third-order valence-corrected chi connectivity index (χ3v) is 6.26. The molecule has 2 aromatic carbocycles. The highest BCUT2D eigenvalue weighted by Gasteiger charge is 2.30. The normalized spacial score (nSPS) is 12.6. The van der Waals surface area contributed by atoms with Crippen LogP contribution in [-0.2, 0) is 21.0 Å². The molecule has 0 aliphatic heterocycles. The number of nitrogens with zero attached hydrogens (tertiary/aromatic N) is 1. The molecule has 0 spiro atoms. The summed E-state index contributed by atoms with van der Waals surface area (Å²) in [6.45, 7) is 3.63. The highest BCUT2D eigenvalue weighted by atomic mass is 32.2. The van der Waals surface area contributed by atoms with Gasteiger partial charge in [-0.2, -0.15) is 0 Å². The van der Waals surface area contributed by atoms with Crippen molar-refractivity contribution in [2.24, 2.45) is 0 Å². The number of benzene rings is 2. The van der Waals surface area contributed by atoms with Gasteiger partial charge in [0.25, 0.3) is 0 Å². The van der Waals surface area contributed by atoms with E-state index in [-0.39, 0.29) is 4.90 Å². The van der Waals surface area contributed by atoms with Crippen molar-refractivity contribution in [3.63, 3.8) is 0 Å². The average molecular weight is 397 g/mol. The van der Waals surface area contributed by atoms with Gasteiger partial charge in [-0.3, -0.25) is 0 Å². The molecule has 1 aromatic heterocycles. The average Bonchev–Trinajstić information content (AvgIpc) is 3.18. The van der Waals surface area contributed by atoms with Gasteiger partial charge in [-0.25, -0.2) is 13.2 Å². The summed E-state index contributed by atoms with van der Waals surface area (Å²) >= 11 is 0. The molecule has 1 heterocycles. The second-order valence-corrected chi connectivity index (χ2v) is 8.96. The van der Waals surface area contributed by atoms with Crippen molar-refractivity contribution in [3.8, 4) is 22.3 Å². The second kappa shape index (κ2) is 6.31. The maximum absolute atomic E-state index is 12.5. The number of fused-ring (bicyclic) bond motifs is 3. The van der Waals surface area contributed by atoms with Crippen LogP contribution in [0.1, 0.15) is 32.9 Å². The van der Waals surface area contributed by atoms with Crippen molar-refractivity contribution in [3.05, 3.63) is 58.5 Å². The number of aryl methyl sites for hydroxylation is 2. The minimum absolute atomic E-state index is 0.260. The van der Waals surface area contributed by atoms with Gasteiger partial charge < -0.3 is 9.26 Å². The molecule has 144 valence electrons. The Bertz CT molecular complexity index is 1220. The molecule has 0 radical (unpaired) electrons. The molecule has 0 fully saturated rings. The van der Waals surface area contributed by atoms with Crippen molar-refractivity contribution in [2.75, 3.05) is 13.4 Å². The zero-order valence-corrected chi connectivity index (χ0v) is 16.8. The fraction of sp³-hybridized carbons (Fsp3) is 0.238. The molecule has 28 heavy (non-hydrogen) atoms. The van der Waals surface area contributed by atoms with E-state index in [1.165, 1.54) is 13.4 Å². The zero-order chi connectivity index (χ0) is 20.2. The topological polar surface area (TPSA) is 86.5 Å². The number of hydrogen-bond acceptors (Lipinski definition) is 6. The minimum Gasteiger partial charge on any atom is -0.465 e. The Labute approximate surface area is 163 Å². The summed E-state index contributed by atoms with van der Waals surface area (Å²) in [7, 11) is -2.10. The van der Waals surface area contributed by atoms with Crippen LogP contribution in [0, 0.1) is 13.8 Å². The summed E-state index contributed by atoms with van der Waals surface area (Å²) in [4.78, 5) is 12.8. The molecule has 0 saturated carbocycles. The molecule has 1 aliphatic carbocycles. The van der Waals surface area contributed by atoms with E-state index in [0.717, 1.165) is 27.8 Å². The summed E-state index contributed by atoms with van der Waals surface area (Å²) in [6, 6.07) is 8.90. The van der Waals surface area contributed by atoms with E-state index in [1.807, 2.05) is 19.1 Å². The number of carbonyl (C=O) groups is 1. The van der Waals surface area contributed by atoms with Gasteiger partial charge in [0.15, 0.2) is 9.84 Å². The first-order chi connectivity index (χ1) is 13.2. The van der Waals surface area contributed by atoms with Gasteiger partial charge in [0.2, 0.25) is 0 Å². The fourth-order valence-electron chi connectivity index (χ4n) is 3.95. The van der Waals surface area contributed by atoms with Crippen LogP contribution >= 0.6 is 0 Å². The third-order valence-electron chi connectivity index (χ3n) is 5.13. The summed E-state index contributed by atoms with van der Waals surface area (Å²) < 4.78 is 35.0. The Balaban J connectivity index is 2.08. The third kappa shape index (κ3) is 2.74. The number of carbonyl (C=O) groups excluding carboxylic acids is 1. The molecule has 0 unspecified atom stereocenters. The van der Waals surface area contributed by atoms with E-state index in [0.29, 0.717) is 29.0 Å². The Kier molecular flexibility index (Phi) is 4.15. The Morgan fingerprint density at radius 3 is 2.54 bits per heavy atom. The molecule has 3 aromatic rings. The Morgan fingerprint density at radius 2 is 1.93 bits per heavy atom. The van der Waals surface area contributed by atoms with Crippen LogP contribution in [0.15, 0.2) is 39.8 Å². The highest BCUT2D eigenvalue weighted by molar-refractivity contribution is 7.90. The van der Waals surface area contributed by atoms with Gasteiger partial charge in [0.1, 0.15) is 5.76 Å². The van der Waals surface area contributed by atoms with Gasteiger partial charge in [0.05, 0.1) is 23.3 Å². The lowest BCUT2D eigenvalue weighted by atomic mass is 9.93.